The van der Waals surface area contributed by atoms with Crippen LogP contribution in [-0.2, 0) is 16.6 Å². The van der Waals surface area contributed by atoms with Crippen LogP contribution < -0.4 is 9.64 Å². The summed E-state index contributed by atoms with van der Waals surface area (Å²) in [7, 11) is -0.511. The number of rotatable bonds is 7. The molecule has 2 aliphatic heterocycles. The number of carbonyl (C=O) groups excluding carboxylic acids is 1. The molecule has 8 heteroatoms. The van der Waals surface area contributed by atoms with Crippen LogP contribution in [0.3, 0.4) is 0 Å². The molecule has 4 rings (SSSR count). The van der Waals surface area contributed by atoms with E-state index in [2.05, 4.69) is 17.0 Å². The fraction of sp³-hybridized carbons (Fsp3) is 0.458. The smallest absolute Gasteiger partial charge is 0.253 e. The van der Waals surface area contributed by atoms with Gasteiger partial charge in [0.25, 0.3) is 5.91 Å². The predicted molar refractivity (Wildman–Crippen MR) is 125 cm³/mol. The van der Waals surface area contributed by atoms with E-state index in [0.29, 0.717) is 25.2 Å². The summed E-state index contributed by atoms with van der Waals surface area (Å²) in [6.45, 7) is 3.51. The van der Waals surface area contributed by atoms with Crippen LogP contribution in [-0.4, -0.2) is 63.9 Å². The van der Waals surface area contributed by atoms with Gasteiger partial charge in [-0.3, -0.25) is 4.79 Å². The zero-order chi connectivity index (χ0) is 22.7. The maximum Gasteiger partial charge on any atom is 0.253 e. The van der Waals surface area contributed by atoms with Crippen LogP contribution in [0.2, 0.25) is 0 Å². The van der Waals surface area contributed by atoms with E-state index in [1.54, 1.807) is 24.1 Å². The molecule has 0 spiro atoms. The molecule has 1 amide bonds. The Morgan fingerprint density at radius 2 is 1.66 bits per heavy atom. The third-order valence-corrected chi connectivity index (χ3v) is 8.21. The number of para-hydroxylation sites is 1. The molecule has 7 nitrogen and oxygen atoms in total. The summed E-state index contributed by atoms with van der Waals surface area (Å²) < 4.78 is 33.1. The highest BCUT2D eigenvalue weighted by atomic mass is 32.2. The van der Waals surface area contributed by atoms with Gasteiger partial charge in [0.1, 0.15) is 10.6 Å². The fourth-order valence-electron chi connectivity index (χ4n) is 4.54. The lowest BCUT2D eigenvalue weighted by Gasteiger charge is -2.25. The van der Waals surface area contributed by atoms with Crippen molar-refractivity contribution in [2.75, 3.05) is 45.2 Å². The monoisotopic (exact) mass is 457 g/mol. The lowest BCUT2D eigenvalue weighted by atomic mass is 10.1. The molecule has 0 saturated carbocycles. The molecule has 0 unspecified atom stereocenters. The van der Waals surface area contributed by atoms with Gasteiger partial charge in [0, 0.05) is 51.0 Å². The van der Waals surface area contributed by atoms with Gasteiger partial charge in [0.15, 0.2) is 0 Å². The highest BCUT2D eigenvalue weighted by molar-refractivity contribution is 7.89. The van der Waals surface area contributed by atoms with Crippen molar-refractivity contribution in [1.29, 1.82) is 0 Å². The van der Waals surface area contributed by atoms with E-state index < -0.39 is 10.0 Å². The van der Waals surface area contributed by atoms with Crippen molar-refractivity contribution in [3.8, 4) is 5.75 Å². The maximum atomic E-state index is 13.2. The molecule has 0 atom stereocenters. The molecule has 32 heavy (non-hydrogen) atoms. The normalized spacial score (nSPS) is 17.0. The van der Waals surface area contributed by atoms with Gasteiger partial charge in [-0.15, -0.1) is 0 Å². The fourth-order valence-corrected chi connectivity index (χ4v) is 6.24. The van der Waals surface area contributed by atoms with Crippen molar-refractivity contribution in [2.24, 2.45) is 0 Å². The molecule has 2 aliphatic rings. The Kier molecular flexibility index (Phi) is 6.71. The van der Waals surface area contributed by atoms with Crippen LogP contribution in [0.1, 0.15) is 41.6 Å². The lowest BCUT2D eigenvalue weighted by molar-refractivity contribution is 0.0785. The number of anilines is 1. The molecular weight excluding hydrogens is 426 g/mol. The zero-order valence-corrected chi connectivity index (χ0v) is 19.6. The summed E-state index contributed by atoms with van der Waals surface area (Å²) in [6.07, 6.45) is 4.06. The third kappa shape index (κ3) is 4.47. The van der Waals surface area contributed by atoms with Crippen molar-refractivity contribution >= 4 is 21.6 Å². The minimum atomic E-state index is -3.71. The Morgan fingerprint density at radius 1 is 1.00 bits per heavy atom. The van der Waals surface area contributed by atoms with Crippen molar-refractivity contribution in [1.82, 2.24) is 9.21 Å². The molecule has 2 fully saturated rings. The molecular formula is C24H31N3O4S. The van der Waals surface area contributed by atoms with Crippen molar-refractivity contribution in [3.05, 3.63) is 53.6 Å². The second kappa shape index (κ2) is 9.50. The van der Waals surface area contributed by atoms with Gasteiger partial charge in [-0.25, -0.2) is 8.42 Å². The van der Waals surface area contributed by atoms with E-state index in [0.717, 1.165) is 37.2 Å². The Morgan fingerprint density at radius 3 is 2.34 bits per heavy atom. The molecule has 2 saturated heterocycles. The van der Waals surface area contributed by atoms with Crippen LogP contribution in [0, 0.1) is 0 Å². The molecule has 172 valence electrons. The number of ether oxygens (including phenoxy) is 1. The number of benzene rings is 2. The molecule has 2 aromatic rings. The van der Waals surface area contributed by atoms with Gasteiger partial charge in [0.2, 0.25) is 10.0 Å². The number of carbonyl (C=O) groups is 1. The van der Waals surface area contributed by atoms with E-state index in [1.165, 1.54) is 30.3 Å². The summed E-state index contributed by atoms with van der Waals surface area (Å²) in [5.41, 5.74) is 2.59. The van der Waals surface area contributed by atoms with Crippen LogP contribution in [0.5, 0.6) is 5.75 Å². The first-order chi connectivity index (χ1) is 15.4. The SMILES string of the molecule is COc1ccc(C(=O)N(C)Cc2ccccc2N2CCCC2)cc1S(=O)(=O)N1CCCC1. The summed E-state index contributed by atoms with van der Waals surface area (Å²) in [6, 6.07) is 12.8. The van der Waals surface area contributed by atoms with E-state index >= 15 is 0 Å². The molecule has 2 aromatic carbocycles. The number of hydrogen-bond donors (Lipinski definition) is 0. The molecule has 0 aromatic heterocycles. The predicted octanol–water partition coefficient (Wildman–Crippen LogP) is 3.35. The average molecular weight is 458 g/mol. The summed E-state index contributed by atoms with van der Waals surface area (Å²) in [5.74, 6) is 0.0391. The Labute approximate surface area is 190 Å². The first kappa shape index (κ1) is 22.6. The number of amides is 1. The van der Waals surface area contributed by atoms with Crippen molar-refractivity contribution in [3.63, 3.8) is 0 Å². The molecule has 0 radical (unpaired) electrons. The minimum absolute atomic E-state index is 0.0543. The Balaban J connectivity index is 1.58. The van der Waals surface area contributed by atoms with Gasteiger partial charge in [-0.05, 0) is 55.5 Å². The summed E-state index contributed by atoms with van der Waals surface area (Å²) >= 11 is 0. The van der Waals surface area contributed by atoms with Gasteiger partial charge in [0.05, 0.1) is 7.11 Å². The molecule has 0 N–H and O–H groups in total. The van der Waals surface area contributed by atoms with Crippen LogP contribution >= 0.6 is 0 Å². The summed E-state index contributed by atoms with van der Waals surface area (Å²) in [4.78, 5) is 17.3. The molecule has 2 heterocycles. The number of hydrogen-bond acceptors (Lipinski definition) is 5. The highest BCUT2D eigenvalue weighted by Crippen LogP contribution is 2.31. The first-order valence-electron chi connectivity index (χ1n) is 11.2. The average Bonchev–Trinajstić information content (AvgIpc) is 3.53. The number of methoxy groups -OCH3 is 1. The standard InChI is InChI=1S/C24H31N3O4S/c1-25(18-20-9-3-4-10-21(20)26-13-5-6-14-26)24(28)19-11-12-22(31-2)23(17-19)32(29,30)27-15-7-8-16-27/h3-4,9-12,17H,5-8,13-16,18H2,1-2H3. The second-order valence-electron chi connectivity index (χ2n) is 8.46. The van der Waals surface area contributed by atoms with E-state index in [1.807, 2.05) is 12.1 Å². The Bertz CT molecular complexity index is 1070. The largest absolute Gasteiger partial charge is 0.495 e. The quantitative estimate of drug-likeness (QED) is 0.638. The highest BCUT2D eigenvalue weighted by Gasteiger charge is 2.31. The van der Waals surface area contributed by atoms with E-state index in [9.17, 15) is 13.2 Å². The first-order valence-corrected chi connectivity index (χ1v) is 12.6. The van der Waals surface area contributed by atoms with Gasteiger partial charge in [-0.2, -0.15) is 4.31 Å². The topological polar surface area (TPSA) is 70.2 Å². The van der Waals surface area contributed by atoms with E-state index in [4.69, 9.17) is 4.74 Å². The zero-order valence-electron chi connectivity index (χ0n) is 18.8. The second-order valence-corrected chi connectivity index (χ2v) is 10.4. The van der Waals surface area contributed by atoms with Crippen LogP contribution in [0.4, 0.5) is 5.69 Å². The number of nitrogens with zero attached hydrogens (tertiary/aromatic N) is 3. The van der Waals surface area contributed by atoms with E-state index in [-0.39, 0.29) is 16.6 Å². The van der Waals surface area contributed by atoms with Crippen LogP contribution in [0.25, 0.3) is 0 Å². The molecule has 0 aliphatic carbocycles. The lowest BCUT2D eigenvalue weighted by Crippen LogP contribution is -2.30. The van der Waals surface area contributed by atoms with Crippen LogP contribution in [0.15, 0.2) is 47.4 Å². The molecule has 0 bridgehead atoms. The summed E-state index contributed by atoms with van der Waals surface area (Å²) in [5, 5.41) is 0. The number of sulfonamides is 1. The Hall–Kier alpha value is -2.58. The third-order valence-electron chi connectivity index (χ3n) is 6.29. The maximum absolute atomic E-state index is 13.2. The van der Waals surface area contributed by atoms with Gasteiger partial charge >= 0.3 is 0 Å². The van der Waals surface area contributed by atoms with Gasteiger partial charge < -0.3 is 14.5 Å². The van der Waals surface area contributed by atoms with Crippen molar-refractivity contribution in [2.45, 2.75) is 37.1 Å². The minimum Gasteiger partial charge on any atom is -0.495 e. The van der Waals surface area contributed by atoms with Crippen molar-refractivity contribution < 1.29 is 17.9 Å². The van der Waals surface area contributed by atoms with Gasteiger partial charge in [-0.1, -0.05) is 18.2 Å².